The maximum absolute atomic E-state index is 13.6. The fourth-order valence-corrected chi connectivity index (χ4v) is 7.24. The SMILES string of the molecule is CCCC(c1ccc(NS(=O)(=O)c2ccccc2)c2c1C(C(=O)NCC(F)(F)F)c1ccccc1-2)N1CCCCC1. The maximum atomic E-state index is 13.6. The number of anilines is 1. The molecule has 3 aromatic carbocycles. The highest BCUT2D eigenvalue weighted by atomic mass is 32.2. The summed E-state index contributed by atoms with van der Waals surface area (Å²) in [6.45, 7) is 2.42. The molecule has 10 heteroatoms. The number of sulfonamides is 1. The number of amides is 1. The molecule has 0 aromatic heterocycles. The first-order valence-corrected chi connectivity index (χ1v) is 15.5. The highest BCUT2D eigenvalue weighted by Crippen LogP contribution is 2.52. The van der Waals surface area contributed by atoms with Crippen molar-refractivity contribution in [3.8, 4) is 11.1 Å². The van der Waals surface area contributed by atoms with Gasteiger partial charge in [-0.2, -0.15) is 13.2 Å². The number of rotatable bonds is 9. The lowest BCUT2D eigenvalue weighted by Crippen LogP contribution is -2.38. The van der Waals surface area contributed by atoms with Crippen LogP contribution in [-0.2, 0) is 14.8 Å². The van der Waals surface area contributed by atoms with E-state index < -0.39 is 34.6 Å². The first kappa shape index (κ1) is 29.1. The van der Waals surface area contributed by atoms with E-state index in [-0.39, 0.29) is 10.9 Å². The van der Waals surface area contributed by atoms with Crippen molar-refractivity contribution < 1.29 is 26.4 Å². The fraction of sp³-hybridized carbons (Fsp3) is 0.387. The van der Waals surface area contributed by atoms with Crippen molar-refractivity contribution in [2.24, 2.45) is 0 Å². The van der Waals surface area contributed by atoms with E-state index in [1.54, 1.807) is 48.5 Å². The lowest BCUT2D eigenvalue weighted by molar-refractivity contribution is -0.138. The number of nitrogens with one attached hydrogen (secondary N) is 2. The number of nitrogens with zero attached hydrogens (tertiary/aromatic N) is 1. The van der Waals surface area contributed by atoms with E-state index >= 15 is 0 Å². The highest BCUT2D eigenvalue weighted by molar-refractivity contribution is 7.92. The van der Waals surface area contributed by atoms with Crippen molar-refractivity contribution in [3.63, 3.8) is 0 Å². The molecule has 3 aromatic rings. The number of benzene rings is 3. The van der Waals surface area contributed by atoms with Crippen LogP contribution >= 0.6 is 0 Å². The fourth-order valence-electron chi connectivity index (χ4n) is 6.15. The molecule has 2 aliphatic rings. The van der Waals surface area contributed by atoms with Gasteiger partial charge in [0.25, 0.3) is 10.0 Å². The molecule has 6 nitrogen and oxygen atoms in total. The van der Waals surface area contributed by atoms with E-state index in [2.05, 4.69) is 21.9 Å². The summed E-state index contributed by atoms with van der Waals surface area (Å²) in [6, 6.07) is 18.6. The minimum absolute atomic E-state index is 0.0546. The van der Waals surface area contributed by atoms with E-state index in [9.17, 15) is 26.4 Å². The van der Waals surface area contributed by atoms with Crippen molar-refractivity contribution in [3.05, 3.63) is 83.4 Å². The van der Waals surface area contributed by atoms with Crippen LogP contribution in [0.3, 0.4) is 0 Å². The van der Waals surface area contributed by atoms with Crippen LogP contribution in [0.2, 0.25) is 0 Å². The Morgan fingerprint density at radius 3 is 2.34 bits per heavy atom. The summed E-state index contributed by atoms with van der Waals surface area (Å²) in [5.41, 5.74) is 3.46. The van der Waals surface area contributed by atoms with Gasteiger partial charge in [-0.1, -0.05) is 68.3 Å². The van der Waals surface area contributed by atoms with E-state index in [1.807, 2.05) is 6.07 Å². The predicted molar refractivity (Wildman–Crippen MR) is 153 cm³/mol. The van der Waals surface area contributed by atoms with Gasteiger partial charge in [0.05, 0.1) is 16.5 Å². The number of hydrogen-bond donors (Lipinski definition) is 2. The molecule has 0 bridgehead atoms. The van der Waals surface area contributed by atoms with Crippen LogP contribution in [0.15, 0.2) is 71.6 Å². The molecule has 1 saturated heterocycles. The first-order valence-electron chi connectivity index (χ1n) is 14.0. The quantitative estimate of drug-likeness (QED) is 0.297. The summed E-state index contributed by atoms with van der Waals surface area (Å²) in [6.07, 6.45) is 0.345. The molecule has 1 heterocycles. The Hall–Kier alpha value is -3.37. The largest absolute Gasteiger partial charge is 0.405 e. The van der Waals surface area contributed by atoms with E-state index in [0.717, 1.165) is 50.8 Å². The third kappa shape index (κ3) is 6.13. The topological polar surface area (TPSA) is 78.5 Å². The smallest absolute Gasteiger partial charge is 0.346 e. The Morgan fingerprint density at radius 1 is 0.976 bits per heavy atom. The molecule has 2 unspecified atom stereocenters. The lowest BCUT2D eigenvalue weighted by atomic mass is 9.86. The van der Waals surface area contributed by atoms with Gasteiger partial charge >= 0.3 is 6.18 Å². The van der Waals surface area contributed by atoms with Crippen molar-refractivity contribution in [2.75, 3.05) is 24.4 Å². The molecule has 0 radical (unpaired) electrons. The molecule has 1 aliphatic heterocycles. The molecule has 5 rings (SSSR count). The van der Waals surface area contributed by atoms with Gasteiger partial charge in [0.1, 0.15) is 6.54 Å². The third-order valence-electron chi connectivity index (χ3n) is 7.88. The van der Waals surface area contributed by atoms with Gasteiger partial charge in [-0.05, 0) is 72.8 Å². The van der Waals surface area contributed by atoms with Crippen LogP contribution in [0, 0.1) is 0 Å². The van der Waals surface area contributed by atoms with Crippen LogP contribution in [0.25, 0.3) is 11.1 Å². The molecule has 2 N–H and O–H groups in total. The maximum Gasteiger partial charge on any atom is 0.405 e. The molecule has 41 heavy (non-hydrogen) atoms. The lowest BCUT2D eigenvalue weighted by Gasteiger charge is -2.36. The number of fused-ring (bicyclic) bond motifs is 3. The summed E-state index contributed by atoms with van der Waals surface area (Å²) in [7, 11) is -3.98. The molecule has 218 valence electrons. The normalized spacial score (nSPS) is 17.9. The summed E-state index contributed by atoms with van der Waals surface area (Å²) in [4.78, 5) is 16.1. The average Bonchev–Trinajstić information content (AvgIpc) is 3.31. The Morgan fingerprint density at radius 2 is 1.66 bits per heavy atom. The van der Waals surface area contributed by atoms with Gasteiger partial charge in [-0.3, -0.25) is 14.4 Å². The number of carbonyl (C=O) groups is 1. The van der Waals surface area contributed by atoms with Gasteiger partial charge in [-0.15, -0.1) is 0 Å². The zero-order valence-corrected chi connectivity index (χ0v) is 23.7. The molecule has 2 atom stereocenters. The summed E-state index contributed by atoms with van der Waals surface area (Å²) in [5, 5.41) is 2.10. The number of carbonyl (C=O) groups excluding carboxylic acids is 1. The van der Waals surface area contributed by atoms with Crippen molar-refractivity contribution >= 4 is 21.6 Å². The van der Waals surface area contributed by atoms with Crippen molar-refractivity contribution in [1.29, 1.82) is 0 Å². The minimum Gasteiger partial charge on any atom is -0.346 e. The molecule has 0 spiro atoms. The molecule has 1 fully saturated rings. The molecule has 0 saturated carbocycles. The van der Waals surface area contributed by atoms with Crippen molar-refractivity contribution in [1.82, 2.24) is 10.2 Å². The van der Waals surface area contributed by atoms with Gasteiger partial charge < -0.3 is 5.32 Å². The molecular weight excluding hydrogens is 551 g/mol. The number of piperidine rings is 1. The van der Waals surface area contributed by atoms with E-state index in [0.29, 0.717) is 27.9 Å². The summed E-state index contributed by atoms with van der Waals surface area (Å²) in [5.74, 6) is -1.77. The Kier molecular flexibility index (Phi) is 8.42. The second kappa shape index (κ2) is 11.9. The monoisotopic (exact) mass is 585 g/mol. The van der Waals surface area contributed by atoms with E-state index in [4.69, 9.17) is 0 Å². The van der Waals surface area contributed by atoms with Crippen LogP contribution < -0.4 is 10.0 Å². The minimum atomic E-state index is -4.56. The first-order chi connectivity index (χ1) is 19.6. The average molecular weight is 586 g/mol. The molecule has 1 aliphatic carbocycles. The third-order valence-corrected chi connectivity index (χ3v) is 9.27. The number of likely N-dealkylation sites (tertiary alicyclic amines) is 1. The number of halogens is 3. The van der Waals surface area contributed by atoms with Gasteiger partial charge in [-0.25, -0.2) is 8.42 Å². The highest BCUT2D eigenvalue weighted by Gasteiger charge is 2.41. The van der Waals surface area contributed by atoms with Crippen LogP contribution in [0.5, 0.6) is 0 Å². The van der Waals surface area contributed by atoms with Crippen molar-refractivity contribution in [2.45, 2.75) is 62.1 Å². The van der Waals surface area contributed by atoms with E-state index in [1.165, 1.54) is 12.1 Å². The molecular formula is C31H34F3N3O3S. The summed E-state index contributed by atoms with van der Waals surface area (Å²) >= 11 is 0. The van der Waals surface area contributed by atoms with Crippen LogP contribution in [-0.4, -0.2) is 45.0 Å². The van der Waals surface area contributed by atoms with Crippen LogP contribution in [0.4, 0.5) is 18.9 Å². The van der Waals surface area contributed by atoms with Gasteiger partial charge in [0, 0.05) is 11.6 Å². The zero-order chi connectivity index (χ0) is 29.2. The van der Waals surface area contributed by atoms with Gasteiger partial charge in [0.15, 0.2) is 0 Å². The predicted octanol–water partition coefficient (Wildman–Crippen LogP) is 6.61. The second-order valence-electron chi connectivity index (χ2n) is 10.7. The Bertz CT molecular complexity index is 1500. The number of hydrogen-bond acceptors (Lipinski definition) is 4. The molecule has 1 amide bonds. The summed E-state index contributed by atoms with van der Waals surface area (Å²) < 4.78 is 69.0. The zero-order valence-electron chi connectivity index (χ0n) is 22.9. The standard InChI is InChI=1S/C31H34F3N3O3S/c1-2-11-26(37-18-9-4-10-19-37)24-16-17-25(36-41(39,40)21-12-5-3-6-13-21)27-22-14-7-8-15-23(22)29(28(24)27)30(38)35-20-31(32,33)34/h3,5-8,12-17,26,29,36H,2,4,9-11,18-20H2,1H3,(H,35,38). The number of alkyl halides is 3. The Balaban J connectivity index is 1.69. The second-order valence-corrected chi connectivity index (χ2v) is 12.3. The van der Waals surface area contributed by atoms with Crippen LogP contribution in [0.1, 0.15) is 67.7 Å². The Labute approximate surface area is 239 Å². The van der Waals surface area contributed by atoms with Gasteiger partial charge in [0.2, 0.25) is 5.91 Å².